The zero-order chi connectivity index (χ0) is 14.0. The van der Waals surface area contributed by atoms with Gasteiger partial charge in [0, 0.05) is 12.1 Å². The SMILES string of the molecule is Cc1cc(O)ccc1C(=O)NCC1(C(=O)O)CCC1. The summed E-state index contributed by atoms with van der Waals surface area (Å²) in [7, 11) is 0. The summed E-state index contributed by atoms with van der Waals surface area (Å²) in [4.78, 5) is 23.2. The van der Waals surface area contributed by atoms with Crippen LogP contribution in [0.3, 0.4) is 0 Å². The van der Waals surface area contributed by atoms with Crippen LogP contribution in [0.1, 0.15) is 35.2 Å². The zero-order valence-corrected chi connectivity index (χ0v) is 10.8. The standard InChI is InChI=1S/C14H17NO4/c1-9-7-10(16)3-4-11(9)12(17)15-8-14(13(18)19)5-2-6-14/h3-4,7,16H,2,5-6,8H2,1H3,(H,15,17)(H,18,19). The Kier molecular flexibility index (Phi) is 3.46. The Morgan fingerprint density at radius 3 is 2.53 bits per heavy atom. The number of hydrogen-bond donors (Lipinski definition) is 3. The number of aromatic hydroxyl groups is 1. The summed E-state index contributed by atoms with van der Waals surface area (Å²) in [6.07, 6.45) is 2.11. The highest BCUT2D eigenvalue weighted by molar-refractivity contribution is 5.96. The smallest absolute Gasteiger partial charge is 0.311 e. The molecule has 102 valence electrons. The van der Waals surface area contributed by atoms with Crippen LogP contribution in [-0.4, -0.2) is 28.6 Å². The van der Waals surface area contributed by atoms with Crippen molar-refractivity contribution in [2.75, 3.05) is 6.54 Å². The molecular weight excluding hydrogens is 246 g/mol. The zero-order valence-electron chi connectivity index (χ0n) is 10.8. The minimum Gasteiger partial charge on any atom is -0.508 e. The highest BCUT2D eigenvalue weighted by Gasteiger charge is 2.44. The van der Waals surface area contributed by atoms with E-state index in [1.807, 2.05) is 0 Å². The molecule has 0 heterocycles. The first-order valence-corrected chi connectivity index (χ1v) is 6.26. The Labute approximate surface area is 111 Å². The lowest BCUT2D eigenvalue weighted by molar-refractivity contribution is -0.153. The minimum atomic E-state index is -0.846. The number of benzene rings is 1. The maximum Gasteiger partial charge on any atom is 0.311 e. The number of carbonyl (C=O) groups is 2. The van der Waals surface area contributed by atoms with Crippen LogP contribution in [0.2, 0.25) is 0 Å². The third kappa shape index (κ3) is 2.54. The lowest BCUT2D eigenvalue weighted by Crippen LogP contribution is -2.47. The van der Waals surface area contributed by atoms with Crippen LogP contribution >= 0.6 is 0 Å². The molecule has 1 aromatic rings. The van der Waals surface area contributed by atoms with E-state index in [0.717, 1.165) is 6.42 Å². The summed E-state index contributed by atoms with van der Waals surface area (Å²) < 4.78 is 0. The van der Waals surface area contributed by atoms with Gasteiger partial charge in [0.1, 0.15) is 5.75 Å². The number of amides is 1. The number of phenols is 1. The van der Waals surface area contributed by atoms with Crippen molar-refractivity contribution in [1.29, 1.82) is 0 Å². The number of hydrogen-bond acceptors (Lipinski definition) is 3. The molecule has 0 bridgehead atoms. The van der Waals surface area contributed by atoms with Crippen LogP contribution in [0, 0.1) is 12.3 Å². The number of carboxylic acids is 1. The van der Waals surface area contributed by atoms with Crippen molar-refractivity contribution < 1.29 is 19.8 Å². The molecule has 1 aliphatic rings. The molecule has 1 fully saturated rings. The first kappa shape index (κ1) is 13.4. The van der Waals surface area contributed by atoms with E-state index in [9.17, 15) is 19.8 Å². The van der Waals surface area contributed by atoms with Gasteiger partial charge in [0.15, 0.2) is 0 Å². The molecule has 0 aliphatic heterocycles. The predicted molar refractivity (Wildman–Crippen MR) is 69.1 cm³/mol. The molecule has 0 atom stereocenters. The highest BCUT2D eigenvalue weighted by atomic mass is 16.4. The van der Waals surface area contributed by atoms with Gasteiger partial charge in [0.25, 0.3) is 5.91 Å². The molecule has 2 rings (SSSR count). The molecule has 3 N–H and O–H groups in total. The summed E-state index contributed by atoms with van der Waals surface area (Å²) in [5.41, 5.74) is 0.327. The number of rotatable bonds is 4. The number of phenolic OH excluding ortho intramolecular Hbond substituents is 1. The maximum atomic E-state index is 12.0. The molecule has 0 radical (unpaired) electrons. The first-order chi connectivity index (χ1) is 8.94. The van der Waals surface area contributed by atoms with E-state index < -0.39 is 11.4 Å². The van der Waals surface area contributed by atoms with E-state index in [2.05, 4.69) is 5.32 Å². The lowest BCUT2D eigenvalue weighted by atomic mass is 9.69. The molecule has 19 heavy (non-hydrogen) atoms. The molecule has 1 amide bonds. The van der Waals surface area contributed by atoms with E-state index in [1.165, 1.54) is 18.2 Å². The Hall–Kier alpha value is -2.04. The van der Waals surface area contributed by atoms with E-state index in [-0.39, 0.29) is 18.2 Å². The third-order valence-corrected chi connectivity index (χ3v) is 3.81. The van der Waals surface area contributed by atoms with Crippen LogP contribution in [0.5, 0.6) is 5.75 Å². The number of nitrogens with one attached hydrogen (secondary N) is 1. The van der Waals surface area contributed by atoms with Gasteiger partial charge in [0.05, 0.1) is 5.41 Å². The van der Waals surface area contributed by atoms with E-state index in [1.54, 1.807) is 6.92 Å². The summed E-state index contributed by atoms with van der Waals surface area (Å²) in [5, 5.41) is 21.1. The normalized spacial score (nSPS) is 16.5. The van der Waals surface area contributed by atoms with Gasteiger partial charge in [-0.2, -0.15) is 0 Å². The lowest BCUT2D eigenvalue weighted by Gasteiger charge is -2.37. The van der Waals surface area contributed by atoms with Crippen LogP contribution < -0.4 is 5.32 Å². The van der Waals surface area contributed by atoms with Crippen LogP contribution in [0.15, 0.2) is 18.2 Å². The quantitative estimate of drug-likeness (QED) is 0.771. The maximum absolute atomic E-state index is 12.0. The van der Waals surface area contributed by atoms with Crippen molar-refractivity contribution in [2.24, 2.45) is 5.41 Å². The van der Waals surface area contributed by atoms with Crippen molar-refractivity contribution in [3.8, 4) is 5.75 Å². The Morgan fingerprint density at radius 2 is 2.05 bits per heavy atom. The highest BCUT2D eigenvalue weighted by Crippen LogP contribution is 2.40. The number of carboxylic acid groups (broad SMARTS) is 1. The number of carbonyl (C=O) groups excluding carboxylic acids is 1. The summed E-state index contributed by atoms with van der Waals surface area (Å²) in [6.45, 7) is 1.88. The van der Waals surface area contributed by atoms with Crippen molar-refractivity contribution in [3.05, 3.63) is 29.3 Å². The molecule has 0 spiro atoms. The average Bonchev–Trinajstić information content (AvgIpc) is 2.26. The molecule has 5 heteroatoms. The largest absolute Gasteiger partial charge is 0.508 e. The monoisotopic (exact) mass is 263 g/mol. The fourth-order valence-corrected chi connectivity index (χ4v) is 2.32. The molecule has 0 unspecified atom stereocenters. The summed E-state index contributed by atoms with van der Waals surface area (Å²) in [5.74, 6) is -1.04. The van der Waals surface area contributed by atoms with Crippen molar-refractivity contribution in [2.45, 2.75) is 26.2 Å². The van der Waals surface area contributed by atoms with Gasteiger partial charge < -0.3 is 15.5 Å². The predicted octanol–water partition coefficient (Wildman–Crippen LogP) is 1.69. The van der Waals surface area contributed by atoms with E-state index in [4.69, 9.17) is 0 Å². The molecular formula is C14H17NO4. The second kappa shape index (κ2) is 4.91. The fourth-order valence-electron chi connectivity index (χ4n) is 2.32. The summed E-state index contributed by atoms with van der Waals surface area (Å²) in [6, 6.07) is 4.48. The first-order valence-electron chi connectivity index (χ1n) is 6.26. The molecule has 0 aromatic heterocycles. The molecule has 0 saturated heterocycles. The van der Waals surface area contributed by atoms with Gasteiger partial charge in [-0.05, 0) is 43.5 Å². The molecule has 1 aromatic carbocycles. The molecule has 1 saturated carbocycles. The number of aryl methyl sites for hydroxylation is 1. The van der Waals surface area contributed by atoms with Gasteiger partial charge in [-0.3, -0.25) is 9.59 Å². The van der Waals surface area contributed by atoms with Gasteiger partial charge >= 0.3 is 5.97 Å². The Morgan fingerprint density at radius 1 is 1.37 bits per heavy atom. The molecule has 5 nitrogen and oxygen atoms in total. The van der Waals surface area contributed by atoms with Crippen LogP contribution in [-0.2, 0) is 4.79 Å². The van der Waals surface area contributed by atoms with Crippen molar-refractivity contribution >= 4 is 11.9 Å². The fraction of sp³-hybridized carbons (Fsp3) is 0.429. The van der Waals surface area contributed by atoms with Gasteiger partial charge in [0.2, 0.25) is 0 Å². The second-order valence-corrected chi connectivity index (χ2v) is 5.12. The topological polar surface area (TPSA) is 86.6 Å². The van der Waals surface area contributed by atoms with Crippen molar-refractivity contribution in [3.63, 3.8) is 0 Å². The molecule has 1 aliphatic carbocycles. The number of aliphatic carboxylic acids is 1. The Balaban J connectivity index is 2.03. The minimum absolute atomic E-state index is 0.107. The van der Waals surface area contributed by atoms with Gasteiger partial charge in [-0.1, -0.05) is 6.42 Å². The van der Waals surface area contributed by atoms with Crippen LogP contribution in [0.4, 0.5) is 0 Å². The van der Waals surface area contributed by atoms with Gasteiger partial charge in [-0.15, -0.1) is 0 Å². The second-order valence-electron chi connectivity index (χ2n) is 5.12. The summed E-state index contributed by atoms with van der Waals surface area (Å²) >= 11 is 0. The average molecular weight is 263 g/mol. The van der Waals surface area contributed by atoms with Crippen LogP contribution in [0.25, 0.3) is 0 Å². The van der Waals surface area contributed by atoms with E-state index in [0.29, 0.717) is 24.0 Å². The van der Waals surface area contributed by atoms with Crippen molar-refractivity contribution in [1.82, 2.24) is 5.32 Å². The van der Waals surface area contributed by atoms with E-state index >= 15 is 0 Å². The van der Waals surface area contributed by atoms with Gasteiger partial charge in [-0.25, -0.2) is 0 Å². The third-order valence-electron chi connectivity index (χ3n) is 3.81. The Bertz CT molecular complexity index is 520.